The van der Waals surface area contributed by atoms with Crippen LogP contribution in [0.1, 0.15) is 27.5 Å². The molecule has 0 bridgehead atoms. The topological polar surface area (TPSA) is 65.8 Å². The minimum atomic E-state index is -0.473. The molecule has 7 heteroatoms. The molecule has 0 spiro atoms. The zero-order valence-corrected chi connectivity index (χ0v) is 19.0. The van der Waals surface area contributed by atoms with Crippen molar-refractivity contribution in [1.29, 1.82) is 5.26 Å². The lowest BCUT2D eigenvalue weighted by Crippen LogP contribution is -2.49. The van der Waals surface area contributed by atoms with E-state index in [-0.39, 0.29) is 11.7 Å². The van der Waals surface area contributed by atoms with Crippen molar-refractivity contribution in [2.24, 2.45) is 0 Å². The van der Waals surface area contributed by atoms with Gasteiger partial charge in [-0.1, -0.05) is 42.5 Å². The second kappa shape index (κ2) is 10.8. The lowest BCUT2D eigenvalue weighted by atomic mass is 10.1. The van der Waals surface area contributed by atoms with Gasteiger partial charge in [0.05, 0.1) is 13.2 Å². The van der Waals surface area contributed by atoms with E-state index in [0.29, 0.717) is 49.8 Å². The SMILES string of the molecule is COc1cc(C(=O)N2CCN([C@@H](C#N)c3ccc(F)cc3)CC2)ccc1OCc1ccccc1. The van der Waals surface area contributed by atoms with Gasteiger partial charge in [-0.15, -0.1) is 0 Å². The van der Waals surface area contributed by atoms with Crippen LogP contribution in [0.5, 0.6) is 11.5 Å². The van der Waals surface area contributed by atoms with Gasteiger partial charge in [-0.05, 0) is 41.5 Å². The third-order valence-corrected chi connectivity index (χ3v) is 5.92. The highest BCUT2D eigenvalue weighted by Crippen LogP contribution is 2.30. The molecule has 6 nitrogen and oxygen atoms in total. The summed E-state index contributed by atoms with van der Waals surface area (Å²) in [6.45, 7) is 2.49. The minimum Gasteiger partial charge on any atom is -0.493 e. The lowest BCUT2D eigenvalue weighted by molar-refractivity contribution is 0.0606. The van der Waals surface area contributed by atoms with Gasteiger partial charge in [-0.25, -0.2) is 4.39 Å². The Balaban J connectivity index is 1.38. The number of rotatable bonds is 7. The average molecular weight is 460 g/mol. The zero-order valence-electron chi connectivity index (χ0n) is 19.0. The molecule has 1 fully saturated rings. The third-order valence-electron chi connectivity index (χ3n) is 5.92. The molecule has 0 N–H and O–H groups in total. The fraction of sp³-hybridized carbons (Fsp3) is 0.259. The van der Waals surface area contributed by atoms with Crippen molar-refractivity contribution in [3.8, 4) is 17.6 Å². The van der Waals surface area contributed by atoms with Crippen LogP contribution in [0.3, 0.4) is 0 Å². The molecule has 3 aromatic carbocycles. The Morgan fingerprint density at radius 2 is 1.71 bits per heavy atom. The smallest absolute Gasteiger partial charge is 0.254 e. The van der Waals surface area contributed by atoms with Crippen LogP contribution in [-0.2, 0) is 6.61 Å². The number of hydrogen-bond acceptors (Lipinski definition) is 5. The summed E-state index contributed by atoms with van der Waals surface area (Å²) in [4.78, 5) is 16.9. The molecule has 1 amide bonds. The monoisotopic (exact) mass is 459 g/mol. The van der Waals surface area contributed by atoms with Crippen molar-refractivity contribution in [1.82, 2.24) is 9.80 Å². The van der Waals surface area contributed by atoms with E-state index in [1.807, 2.05) is 35.2 Å². The fourth-order valence-electron chi connectivity index (χ4n) is 4.03. The summed E-state index contributed by atoms with van der Waals surface area (Å²) in [5.41, 5.74) is 2.31. The first-order chi connectivity index (χ1) is 16.6. The van der Waals surface area contributed by atoms with Crippen LogP contribution in [-0.4, -0.2) is 49.0 Å². The van der Waals surface area contributed by atoms with Crippen LogP contribution in [0.15, 0.2) is 72.8 Å². The van der Waals surface area contributed by atoms with Crippen molar-refractivity contribution in [3.63, 3.8) is 0 Å². The Labute approximate surface area is 198 Å². The maximum atomic E-state index is 13.2. The van der Waals surface area contributed by atoms with Gasteiger partial charge in [0.15, 0.2) is 11.5 Å². The van der Waals surface area contributed by atoms with E-state index in [0.717, 1.165) is 11.1 Å². The number of piperazine rings is 1. The molecular weight excluding hydrogens is 433 g/mol. The number of halogens is 1. The van der Waals surface area contributed by atoms with Crippen LogP contribution < -0.4 is 9.47 Å². The molecule has 0 aliphatic carbocycles. The molecule has 0 saturated carbocycles. The quantitative estimate of drug-likeness (QED) is 0.523. The molecule has 3 aromatic rings. The van der Waals surface area contributed by atoms with Gasteiger partial charge < -0.3 is 14.4 Å². The van der Waals surface area contributed by atoms with E-state index in [9.17, 15) is 14.4 Å². The van der Waals surface area contributed by atoms with E-state index >= 15 is 0 Å². The van der Waals surface area contributed by atoms with E-state index < -0.39 is 6.04 Å². The molecule has 4 rings (SSSR count). The normalized spacial score (nSPS) is 14.8. The van der Waals surface area contributed by atoms with Gasteiger partial charge in [-0.2, -0.15) is 5.26 Å². The first kappa shape index (κ1) is 23.3. The Bertz CT molecular complexity index is 1150. The van der Waals surface area contributed by atoms with Gasteiger partial charge in [-0.3, -0.25) is 9.69 Å². The molecule has 1 heterocycles. The standard InChI is InChI=1S/C27H26FN3O3/c1-33-26-17-22(9-12-25(26)34-19-20-5-3-2-4-6-20)27(32)31-15-13-30(14-16-31)24(18-29)21-7-10-23(28)11-8-21/h2-12,17,24H,13-16,19H2,1H3/t24-/m0/s1. The number of hydrogen-bond donors (Lipinski definition) is 0. The summed E-state index contributed by atoms with van der Waals surface area (Å²) in [6, 6.07) is 22.8. The Morgan fingerprint density at radius 1 is 1.00 bits per heavy atom. The molecule has 174 valence electrons. The van der Waals surface area contributed by atoms with Gasteiger partial charge in [0.2, 0.25) is 0 Å². The number of methoxy groups -OCH3 is 1. The van der Waals surface area contributed by atoms with Crippen LogP contribution in [0, 0.1) is 17.1 Å². The molecule has 1 aliphatic heterocycles. The number of carbonyl (C=O) groups excluding carboxylic acids is 1. The molecule has 1 atom stereocenters. The molecule has 0 radical (unpaired) electrons. The lowest BCUT2D eigenvalue weighted by Gasteiger charge is -2.37. The summed E-state index contributed by atoms with van der Waals surface area (Å²) in [5, 5.41) is 9.66. The number of benzene rings is 3. The van der Waals surface area contributed by atoms with Crippen molar-refractivity contribution in [2.45, 2.75) is 12.6 Å². The number of ether oxygens (including phenoxy) is 2. The van der Waals surface area contributed by atoms with Crippen molar-refractivity contribution in [2.75, 3.05) is 33.3 Å². The van der Waals surface area contributed by atoms with Crippen LogP contribution in [0.4, 0.5) is 4.39 Å². The highest BCUT2D eigenvalue weighted by molar-refractivity contribution is 5.95. The first-order valence-electron chi connectivity index (χ1n) is 11.1. The summed E-state index contributed by atoms with van der Waals surface area (Å²) in [5.74, 6) is 0.649. The minimum absolute atomic E-state index is 0.0946. The van der Waals surface area contributed by atoms with E-state index in [1.54, 1.807) is 42.3 Å². The first-order valence-corrected chi connectivity index (χ1v) is 11.1. The molecular formula is C27H26FN3O3. The molecule has 0 unspecified atom stereocenters. The predicted molar refractivity (Wildman–Crippen MR) is 126 cm³/mol. The average Bonchev–Trinajstić information content (AvgIpc) is 2.89. The Morgan fingerprint density at radius 3 is 2.35 bits per heavy atom. The second-order valence-electron chi connectivity index (χ2n) is 8.05. The van der Waals surface area contributed by atoms with Crippen LogP contribution in [0.2, 0.25) is 0 Å². The van der Waals surface area contributed by atoms with Crippen molar-refractivity contribution >= 4 is 5.91 Å². The fourth-order valence-corrected chi connectivity index (χ4v) is 4.03. The Hall–Kier alpha value is -3.89. The van der Waals surface area contributed by atoms with Crippen LogP contribution in [0.25, 0.3) is 0 Å². The highest BCUT2D eigenvalue weighted by atomic mass is 19.1. The number of nitriles is 1. The van der Waals surface area contributed by atoms with E-state index in [4.69, 9.17) is 9.47 Å². The van der Waals surface area contributed by atoms with Crippen molar-refractivity contribution < 1.29 is 18.7 Å². The predicted octanol–water partition coefficient (Wildman–Crippen LogP) is 4.44. The molecule has 34 heavy (non-hydrogen) atoms. The molecule has 1 saturated heterocycles. The zero-order chi connectivity index (χ0) is 23.9. The van der Waals surface area contributed by atoms with E-state index in [2.05, 4.69) is 6.07 Å². The van der Waals surface area contributed by atoms with Gasteiger partial charge in [0, 0.05) is 31.7 Å². The molecule has 1 aliphatic rings. The van der Waals surface area contributed by atoms with Gasteiger partial charge >= 0.3 is 0 Å². The third kappa shape index (κ3) is 5.36. The summed E-state index contributed by atoms with van der Waals surface area (Å²) in [7, 11) is 1.55. The maximum absolute atomic E-state index is 13.2. The Kier molecular flexibility index (Phi) is 7.41. The number of carbonyl (C=O) groups is 1. The summed E-state index contributed by atoms with van der Waals surface area (Å²) < 4.78 is 24.6. The maximum Gasteiger partial charge on any atom is 0.254 e. The summed E-state index contributed by atoms with van der Waals surface area (Å²) in [6.07, 6.45) is 0. The van der Waals surface area contributed by atoms with Gasteiger partial charge in [0.1, 0.15) is 18.5 Å². The highest BCUT2D eigenvalue weighted by Gasteiger charge is 2.28. The van der Waals surface area contributed by atoms with E-state index in [1.165, 1.54) is 12.1 Å². The second-order valence-corrected chi connectivity index (χ2v) is 8.05. The van der Waals surface area contributed by atoms with Gasteiger partial charge in [0.25, 0.3) is 5.91 Å². The number of amides is 1. The molecule has 0 aromatic heterocycles. The van der Waals surface area contributed by atoms with Crippen LogP contribution >= 0.6 is 0 Å². The largest absolute Gasteiger partial charge is 0.493 e. The summed E-state index contributed by atoms with van der Waals surface area (Å²) >= 11 is 0. The number of nitrogens with zero attached hydrogens (tertiary/aromatic N) is 3. The van der Waals surface area contributed by atoms with Crippen molar-refractivity contribution in [3.05, 3.63) is 95.3 Å².